The summed E-state index contributed by atoms with van der Waals surface area (Å²) in [6.45, 7) is 1.99. The van der Waals surface area contributed by atoms with Crippen molar-refractivity contribution in [2.45, 2.75) is 6.92 Å². The first kappa shape index (κ1) is 19.3. The number of halogens is 1. The summed E-state index contributed by atoms with van der Waals surface area (Å²) in [7, 11) is 0. The standard InChI is InChI=1S/C22H18FN5O2/c1-2-30-22(29)18-14-24-28(17-6-4-3-5-7-17)21(18)25-20-13-12-19(26-27-20)15-8-10-16(23)11-9-15/h3-14H,2H2,1H3,(H,25,27). The van der Waals surface area contributed by atoms with Gasteiger partial charge in [0.15, 0.2) is 5.82 Å². The Hall–Kier alpha value is -4.07. The number of carbonyl (C=O) groups is 1. The van der Waals surface area contributed by atoms with Gasteiger partial charge in [-0.3, -0.25) is 0 Å². The zero-order chi connectivity index (χ0) is 20.9. The molecular weight excluding hydrogens is 385 g/mol. The highest BCUT2D eigenvalue weighted by molar-refractivity contribution is 5.95. The smallest absolute Gasteiger partial charge is 0.343 e. The van der Waals surface area contributed by atoms with Crippen LogP contribution in [0.15, 0.2) is 72.9 Å². The fraction of sp³-hybridized carbons (Fsp3) is 0.0909. The predicted molar refractivity (Wildman–Crippen MR) is 110 cm³/mol. The van der Waals surface area contributed by atoms with Crippen LogP contribution in [0.3, 0.4) is 0 Å². The lowest BCUT2D eigenvalue weighted by molar-refractivity contribution is 0.0527. The lowest BCUT2D eigenvalue weighted by Crippen LogP contribution is -2.10. The Morgan fingerprint density at radius 2 is 1.80 bits per heavy atom. The molecular formula is C22H18FN5O2. The molecule has 150 valence electrons. The lowest BCUT2D eigenvalue weighted by atomic mass is 10.1. The average Bonchev–Trinajstić information content (AvgIpc) is 3.19. The van der Waals surface area contributed by atoms with Crippen LogP contribution in [0.1, 0.15) is 17.3 Å². The quantitative estimate of drug-likeness (QED) is 0.481. The van der Waals surface area contributed by atoms with Gasteiger partial charge in [0.2, 0.25) is 0 Å². The van der Waals surface area contributed by atoms with E-state index in [2.05, 4.69) is 20.6 Å². The van der Waals surface area contributed by atoms with Gasteiger partial charge in [-0.25, -0.2) is 13.9 Å². The summed E-state index contributed by atoms with van der Waals surface area (Å²) >= 11 is 0. The summed E-state index contributed by atoms with van der Waals surface area (Å²) in [4.78, 5) is 12.4. The van der Waals surface area contributed by atoms with Crippen molar-refractivity contribution in [3.8, 4) is 16.9 Å². The summed E-state index contributed by atoms with van der Waals surface area (Å²) in [5.41, 5.74) is 2.40. The molecule has 7 nitrogen and oxygen atoms in total. The summed E-state index contributed by atoms with van der Waals surface area (Å²) < 4.78 is 19.9. The van der Waals surface area contributed by atoms with E-state index in [1.807, 2.05) is 30.3 Å². The zero-order valence-electron chi connectivity index (χ0n) is 16.1. The number of hydrogen-bond donors (Lipinski definition) is 1. The zero-order valence-corrected chi connectivity index (χ0v) is 16.1. The van der Waals surface area contributed by atoms with Crippen molar-refractivity contribution in [2.75, 3.05) is 11.9 Å². The average molecular weight is 403 g/mol. The Labute approximate surface area is 172 Å². The number of hydrogen-bond acceptors (Lipinski definition) is 6. The molecule has 0 spiro atoms. The molecule has 2 heterocycles. The van der Waals surface area contributed by atoms with Crippen LogP contribution >= 0.6 is 0 Å². The first-order valence-electron chi connectivity index (χ1n) is 9.33. The molecule has 0 saturated carbocycles. The third-order valence-corrected chi connectivity index (χ3v) is 4.32. The molecule has 0 radical (unpaired) electrons. The van der Waals surface area contributed by atoms with Crippen LogP contribution in [0.2, 0.25) is 0 Å². The van der Waals surface area contributed by atoms with Gasteiger partial charge in [-0.2, -0.15) is 5.10 Å². The number of aromatic nitrogens is 4. The fourth-order valence-corrected chi connectivity index (χ4v) is 2.89. The van der Waals surface area contributed by atoms with E-state index in [1.54, 1.807) is 35.9 Å². The van der Waals surface area contributed by atoms with Crippen molar-refractivity contribution in [1.29, 1.82) is 0 Å². The number of nitrogens with zero attached hydrogens (tertiary/aromatic N) is 4. The van der Waals surface area contributed by atoms with Crippen LogP contribution in [-0.2, 0) is 4.74 Å². The normalized spacial score (nSPS) is 10.6. The number of carbonyl (C=O) groups excluding carboxylic acids is 1. The molecule has 0 saturated heterocycles. The molecule has 0 amide bonds. The third-order valence-electron chi connectivity index (χ3n) is 4.32. The minimum absolute atomic E-state index is 0.251. The Balaban J connectivity index is 1.66. The lowest BCUT2D eigenvalue weighted by Gasteiger charge is -2.11. The molecule has 0 bridgehead atoms. The van der Waals surface area contributed by atoms with Crippen LogP contribution in [0.4, 0.5) is 16.0 Å². The van der Waals surface area contributed by atoms with Crippen molar-refractivity contribution in [2.24, 2.45) is 0 Å². The molecule has 2 aromatic carbocycles. The molecule has 2 aromatic heterocycles. The fourth-order valence-electron chi connectivity index (χ4n) is 2.89. The Morgan fingerprint density at radius 3 is 2.47 bits per heavy atom. The molecule has 0 aliphatic carbocycles. The Bertz CT molecular complexity index is 1140. The summed E-state index contributed by atoms with van der Waals surface area (Å²) in [6, 6.07) is 18.9. The maximum atomic E-state index is 13.1. The summed E-state index contributed by atoms with van der Waals surface area (Å²) in [5.74, 6) is 0.0383. The second kappa shape index (κ2) is 8.52. The molecule has 0 atom stereocenters. The van der Waals surface area contributed by atoms with E-state index < -0.39 is 5.97 Å². The minimum Gasteiger partial charge on any atom is -0.462 e. The van der Waals surface area contributed by atoms with Crippen LogP contribution in [0.5, 0.6) is 0 Å². The summed E-state index contributed by atoms with van der Waals surface area (Å²) in [6.07, 6.45) is 1.45. The second-order valence-corrected chi connectivity index (χ2v) is 6.31. The molecule has 8 heteroatoms. The van der Waals surface area contributed by atoms with Gasteiger partial charge in [0.1, 0.15) is 17.2 Å². The van der Waals surface area contributed by atoms with Crippen molar-refractivity contribution >= 4 is 17.6 Å². The Morgan fingerprint density at radius 1 is 1.03 bits per heavy atom. The van der Waals surface area contributed by atoms with Crippen LogP contribution in [0, 0.1) is 5.82 Å². The van der Waals surface area contributed by atoms with Gasteiger partial charge in [0.05, 0.1) is 24.2 Å². The Kier molecular flexibility index (Phi) is 5.47. The van der Waals surface area contributed by atoms with Gasteiger partial charge in [0, 0.05) is 5.56 Å². The number of benzene rings is 2. The minimum atomic E-state index is -0.488. The molecule has 4 rings (SSSR count). The first-order chi connectivity index (χ1) is 14.7. The number of esters is 1. The van der Waals surface area contributed by atoms with Crippen molar-refractivity contribution in [3.63, 3.8) is 0 Å². The van der Waals surface area contributed by atoms with Crippen molar-refractivity contribution in [3.05, 3.63) is 84.3 Å². The highest BCUT2D eigenvalue weighted by Crippen LogP contribution is 2.25. The SMILES string of the molecule is CCOC(=O)c1cnn(-c2ccccc2)c1Nc1ccc(-c2ccc(F)cc2)nn1. The van der Waals surface area contributed by atoms with E-state index in [4.69, 9.17) is 4.74 Å². The second-order valence-electron chi connectivity index (χ2n) is 6.31. The molecule has 1 N–H and O–H groups in total. The molecule has 0 fully saturated rings. The maximum Gasteiger partial charge on any atom is 0.343 e. The molecule has 0 unspecified atom stereocenters. The topological polar surface area (TPSA) is 81.9 Å². The predicted octanol–water partition coefficient (Wildman–Crippen LogP) is 4.39. The molecule has 4 aromatic rings. The largest absolute Gasteiger partial charge is 0.462 e. The van der Waals surface area contributed by atoms with E-state index in [0.29, 0.717) is 17.3 Å². The molecule has 30 heavy (non-hydrogen) atoms. The highest BCUT2D eigenvalue weighted by atomic mass is 19.1. The van der Waals surface area contributed by atoms with Gasteiger partial charge >= 0.3 is 5.97 Å². The van der Waals surface area contributed by atoms with Crippen LogP contribution in [-0.4, -0.2) is 32.6 Å². The van der Waals surface area contributed by atoms with Crippen molar-refractivity contribution < 1.29 is 13.9 Å². The van der Waals surface area contributed by atoms with Crippen LogP contribution in [0.25, 0.3) is 16.9 Å². The van der Waals surface area contributed by atoms with Crippen molar-refractivity contribution in [1.82, 2.24) is 20.0 Å². The number of anilines is 2. The van der Waals surface area contributed by atoms with Crippen LogP contribution < -0.4 is 5.32 Å². The van der Waals surface area contributed by atoms with E-state index in [9.17, 15) is 9.18 Å². The van der Waals surface area contributed by atoms with E-state index in [-0.39, 0.29) is 18.0 Å². The van der Waals surface area contributed by atoms with Gasteiger partial charge in [-0.15, -0.1) is 10.2 Å². The molecule has 0 aliphatic rings. The van der Waals surface area contributed by atoms with Gasteiger partial charge in [0.25, 0.3) is 0 Å². The van der Waals surface area contributed by atoms with E-state index in [1.165, 1.54) is 18.3 Å². The van der Waals surface area contributed by atoms with Gasteiger partial charge in [-0.05, 0) is 55.5 Å². The number of rotatable bonds is 6. The number of nitrogens with one attached hydrogen (secondary N) is 1. The first-order valence-corrected chi connectivity index (χ1v) is 9.33. The highest BCUT2D eigenvalue weighted by Gasteiger charge is 2.20. The summed E-state index contributed by atoms with van der Waals surface area (Å²) in [5, 5.41) is 15.8. The van der Waals surface area contributed by atoms with Gasteiger partial charge < -0.3 is 10.1 Å². The molecule has 0 aliphatic heterocycles. The number of ether oxygens (including phenoxy) is 1. The number of para-hydroxylation sites is 1. The third kappa shape index (κ3) is 4.02. The van der Waals surface area contributed by atoms with E-state index >= 15 is 0 Å². The monoisotopic (exact) mass is 403 g/mol. The van der Waals surface area contributed by atoms with E-state index in [0.717, 1.165) is 11.3 Å². The maximum absolute atomic E-state index is 13.1. The van der Waals surface area contributed by atoms with Gasteiger partial charge in [-0.1, -0.05) is 18.2 Å².